The molecule has 1 saturated heterocycles. The molecule has 6 heteroatoms. The molecular formula is C15H17BrN4O. The van der Waals surface area contributed by atoms with Crippen molar-refractivity contribution in [3.8, 4) is 0 Å². The number of amides is 1. The number of likely N-dealkylation sites (tertiary alicyclic amines) is 1. The lowest BCUT2D eigenvalue weighted by molar-refractivity contribution is -0.137. The van der Waals surface area contributed by atoms with Gasteiger partial charge < -0.3 is 4.90 Å². The molecule has 2 heterocycles. The van der Waals surface area contributed by atoms with Crippen LogP contribution in [0.2, 0.25) is 0 Å². The van der Waals surface area contributed by atoms with Crippen molar-refractivity contribution >= 4 is 21.8 Å². The monoisotopic (exact) mass is 348 g/mol. The van der Waals surface area contributed by atoms with E-state index in [0.717, 1.165) is 30.5 Å². The van der Waals surface area contributed by atoms with Crippen LogP contribution in [0.1, 0.15) is 12.0 Å². The minimum absolute atomic E-state index is 0.237. The van der Waals surface area contributed by atoms with Crippen molar-refractivity contribution in [2.24, 2.45) is 5.92 Å². The summed E-state index contributed by atoms with van der Waals surface area (Å²) in [6.07, 6.45) is 4.61. The second-order valence-electron chi connectivity index (χ2n) is 5.37. The van der Waals surface area contributed by atoms with Crippen molar-refractivity contribution in [1.82, 2.24) is 19.7 Å². The first kappa shape index (κ1) is 14.3. The van der Waals surface area contributed by atoms with Crippen LogP contribution in [-0.4, -0.2) is 38.7 Å². The van der Waals surface area contributed by atoms with E-state index in [1.54, 1.807) is 12.7 Å². The lowest BCUT2D eigenvalue weighted by atomic mass is 9.99. The molecule has 3 rings (SSSR count). The third kappa shape index (κ3) is 3.50. The van der Waals surface area contributed by atoms with Crippen LogP contribution in [0.4, 0.5) is 0 Å². The SMILES string of the molecule is O=C(CCc1ccccc1Br)N1CC(Cn2cncn2)C1. The van der Waals surface area contributed by atoms with Crippen LogP contribution >= 0.6 is 15.9 Å². The van der Waals surface area contributed by atoms with E-state index in [1.807, 2.05) is 27.8 Å². The molecule has 1 amide bonds. The molecule has 1 aromatic heterocycles. The van der Waals surface area contributed by atoms with Crippen LogP contribution < -0.4 is 0 Å². The van der Waals surface area contributed by atoms with E-state index in [1.165, 1.54) is 5.56 Å². The van der Waals surface area contributed by atoms with Gasteiger partial charge in [-0.3, -0.25) is 9.48 Å². The van der Waals surface area contributed by atoms with Crippen LogP contribution in [0.25, 0.3) is 0 Å². The zero-order valence-corrected chi connectivity index (χ0v) is 13.2. The number of benzene rings is 1. The summed E-state index contributed by atoms with van der Waals surface area (Å²) in [6, 6.07) is 8.06. The summed E-state index contributed by atoms with van der Waals surface area (Å²) in [7, 11) is 0. The Morgan fingerprint density at radius 2 is 2.14 bits per heavy atom. The van der Waals surface area contributed by atoms with Crippen LogP contribution in [0.5, 0.6) is 0 Å². The van der Waals surface area contributed by atoms with E-state index in [-0.39, 0.29) is 5.91 Å². The maximum Gasteiger partial charge on any atom is 0.222 e. The predicted octanol–water partition coefficient (Wildman–Crippen LogP) is 2.13. The second kappa shape index (κ2) is 6.39. The molecule has 1 aromatic carbocycles. The highest BCUT2D eigenvalue weighted by atomic mass is 79.9. The molecule has 0 unspecified atom stereocenters. The number of hydrogen-bond donors (Lipinski definition) is 0. The number of rotatable bonds is 5. The summed E-state index contributed by atoms with van der Waals surface area (Å²) >= 11 is 3.52. The summed E-state index contributed by atoms with van der Waals surface area (Å²) in [5.41, 5.74) is 1.19. The zero-order chi connectivity index (χ0) is 14.7. The number of nitrogens with zero attached hydrogens (tertiary/aromatic N) is 4. The molecule has 0 atom stereocenters. The third-order valence-electron chi connectivity index (χ3n) is 3.79. The summed E-state index contributed by atoms with van der Waals surface area (Å²) in [5.74, 6) is 0.736. The van der Waals surface area contributed by atoms with E-state index in [4.69, 9.17) is 0 Å². The molecule has 0 saturated carbocycles. The first-order chi connectivity index (χ1) is 10.2. The van der Waals surface area contributed by atoms with Crippen molar-refractivity contribution < 1.29 is 4.79 Å². The van der Waals surface area contributed by atoms with Gasteiger partial charge in [0.05, 0.1) is 0 Å². The maximum absolute atomic E-state index is 12.1. The van der Waals surface area contributed by atoms with Crippen molar-refractivity contribution in [2.45, 2.75) is 19.4 Å². The molecule has 1 aliphatic heterocycles. The first-order valence-electron chi connectivity index (χ1n) is 7.06. The Morgan fingerprint density at radius 1 is 1.33 bits per heavy atom. The van der Waals surface area contributed by atoms with Gasteiger partial charge in [-0.05, 0) is 18.1 Å². The number of aryl methyl sites for hydroxylation is 1. The van der Waals surface area contributed by atoms with Crippen molar-refractivity contribution in [1.29, 1.82) is 0 Å². The van der Waals surface area contributed by atoms with Gasteiger partial charge in [-0.1, -0.05) is 34.1 Å². The van der Waals surface area contributed by atoms with Gasteiger partial charge in [0.2, 0.25) is 5.91 Å². The van der Waals surface area contributed by atoms with E-state index in [0.29, 0.717) is 12.3 Å². The summed E-state index contributed by atoms with van der Waals surface area (Å²) in [5, 5.41) is 4.09. The fourth-order valence-electron chi connectivity index (χ4n) is 2.58. The Balaban J connectivity index is 1.42. The number of carbonyl (C=O) groups is 1. The average Bonchev–Trinajstić information content (AvgIpc) is 2.94. The van der Waals surface area contributed by atoms with Gasteiger partial charge in [-0.25, -0.2) is 4.98 Å². The fraction of sp³-hybridized carbons (Fsp3) is 0.400. The molecular weight excluding hydrogens is 332 g/mol. The van der Waals surface area contributed by atoms with Gasteiger partial charge in [-0.2, -0.15) is 5.10 Å². The van der Waals surface area contributed by atoms with Gasteiger partial charge in [0.25, 0.3) is 0 Å². The minimum Gasteiger partial charge on any atom is -0.342 e. The number of hydrogen-bond acceptors (Lipinski definition) is 3. The van der Waals surface area contributed by atoms with Gasteiger partial charge in [-0.15, -0.1) is 0 Å². The standard InChI is InChI=1S/C15H17BrN4O/c16-14-4-2-1-3-13(14)5-6-15(21)19-7-12(8-19)9-20-11-17-10-18-20/h1-4,10-12H,5-9H2. The molecule has 0 aliphatic carbocycles. The Labute approximate surface area is 132 Å². The Bertz CT molecular complexity index is 608. The fourth-order valence-corrected chi connectivity index (χ4v) is 3.06. The van der Waals surface area contributed by atoms with Gasteiger partial charge >= 0.3 is 0 Å². The van der Waals surface area contributed by atoms with Crippen molar-refractivity contribution in [2.75, 3.05) is 13.1 Å². The van der Waals surface area contributed by atoms with E-state index in [9.17, 15) is 4.79 Å². The average molecular weight is 349 g/mol. The van der Waals surface area contributed by atoms with Crippen LogP contribution in [0.3, 0.4) is 0 Å². The lowest BCUT2D eigenvalue weighted by Gasteiger charge is -2.39. The topological polar surface area (TPSA) is 51.0 Å². The number of carbonyl (C=O) groups excluding carboxylic acids is 1. The molecule has 0 radical (unpaired) electrons. The van der Waals surface area contributed by atoms with E-state index in [2.05, 4.69) is 32.1 Å². The highest BCUT2D eigenvalue weighted by molar-refractivity contribution is 9.10. The Morgan fingerprint density at radius 3 is 2.86 bits per heavy atom. The second-order valence-corrected chi connectivity index (χ2v) is 6.23. The molecule has 0 bridgehead atoms. The van der Waals surface area contributed by atoms with Gasteiger partial charge in [0.1, 0.15) is 12.7 Å². The number of aromatic nitrogens is 3. The highest BCUT2D eigenvalue weighted by Gasteiger charge is 2.30. The minimum atomic E-state index is 0.237. The summed E-state index contributed by atoms with van der Waals surface area (Å²) in [4.78, 5) is 18.0. The molecule has 21 heavy (non-hydrogen) atoms. The smallest absolute Gasteiger partial charge is 0.222 e. The predicted molar refractivity (Wildman–Crippen MR) is 82.6 cm³/mol. The van der Waals surface area contributed by atoms with Crippen LogP contribution in [-0.2, 0) is 17.8 Å². The van der Waals surface area contributed by atoms with E-state index < -0.39 is 0 Å². The third-order valence-corrected chi connectivity index (χ3v) is 4.56. The summed E-state index contributed by atoms with van der Waals surface area (Å²) < 4.78 is 2.90. The molecule has 0 spiro atoms. The van der Waals surface area contributed by atoms with Crippen molar-refractivity contribution in [3.05, 3.63) is 47.0 Å². The lowest BCUT2D eigenvalue weighted by Crippen LogP contribution is -2.51. The quantitative estimate of drug-likeness (QED) is 0.831. The molecule has 1 fully saturated rings. The molecule has 1 aliphatic rings. The molecule has 0 N–H and O–H groups in total. The molecule has 110 valence electrons. The van der Waals surface area contributed by atoms with Crippen LogP contribution in [0, 0.1) is 5.92 Å². The normalized spacial score (nSPS) is 15.0. The Hall–Kier alpha value is -1.69. The largest absolute Gasteiger partial charge is 0.342 e. The Kier molecular flexibility index (Phi) is 4.34. The zero-order valence-electron chi connectivity index (χ0n) is 11.7. The van der Waals surface area contributed by atoms with Gasteiger partial charge in [0, 0.05) is 36.4 Å². The summed E-state index contributed by atoms with van der Waals surface area (Å²) in [6.45, 7) is 2.50. The van der Waals surface area contributed by atoms with Crippen molar-refractivity contribution in [3.63, 3.8) is 0 Å². The first-order valence-corrected chi connectivity index (χ1v) is 7.85. The molecule has 2 aromatic rings. The highest BCUT2D eigenvalue weighted by Crippen LogP contribution is 2.21. The van der Waals surface area contributed by atoms with Crippen LogP contribution in [0.15, 0.2) is 41.4 Å². The molecule has 5 nitrogen and oxygen atoms in total. The maximum atomic E-state index is 12.1. The van der Waals surface area contributed by atoms with Gasteiger partial charge in [0.15, 0.2) is 0 Å². The number of halogens is 1. The van der Waals surface area contributed by atoms with E-state index >= 15 is 0 Å².